The zero-order chi connectivity index (χ0) is 15.6. The molecule has 2 unspecified atom stereocenters. The number of carboxylic acids is 1. The van der Waals surface area contributed by atoms with Crippen LogP contribution in [0.1, 0.15) is 33.6 Å². The highest BCUT2D eigenvalue weighted by molar-refractivity contribution is 5.79. The SMILES string of the molecule is CC(C)C1CCN(C(=O)NC2COCC2(C)C(=O)O)CC1. The van der Waals surface area contributed by atoms with Gasteiger partial charge in [-0.1, -0.05) is 13.8 Å². The molecule has 0 aliphatic carbocycles. The van der Waals surface area contributed by atoms with Gasteiger partial charge in [-0.2, -0.15) is 0 Å². The van der Waals surface area contributed by atoms with E-state index in [9.17, 15) is 14.7 Å². The average Bonchev–Trinajstić information content (AvgIpc) is 2.81. The van der Waals surface area contributed by atoms with Gasteiger partial charge in [0.15, 0.2) is 0 Å². The first-order chi connectivity index (χ1) is 9.84. The molecule has 2 fully saturated rings. The van der Waals surface area contributed by atoms with Crippen LogP contribution in [0.3, 0.4) is 0 Å². The van der Waals surface area contributed by atoms with E-state index in [1.165, 1.54) is 0 Å². The Morgan fingerprint density at radius 1 is 1.33 bits per heavy atom. The number of nitrogens with zero attached hydrogens (tertiary/aromatic N) is 1. The molecule has 120 valence electrons. The molecule has 2 aliphatic heterocycles. The van der Waals surface area contributed by atoms with E-state index in [0.29, 0.717) is 11.8 Å². The summed E-state index contributed by atoms with van der Waals surface area (Å²) >= 11 is 0. The lowest BCUT2D eigenvalue weighted by atomic mass is 9.85. The number of amides is 2. The molecule has 0 spiro atoms. The van der Waals surface area contributed by atoms with Crippen molar-refractivity contribution in [2.24, 2.45) is 17.3 Å². The van der Waals surface area contributed by atoms with E-state index in [1.54, 1.807) is 11.8 Å². The second kappa shape index (κ2) is 6.22. The number of carboxylic acid groups (broad SMARTS) is 1. The van der Waals surface area contributed by atoms with Crippen LogP contribution in [0.2, 0.25) is 0 Å². The van der Waals surface area contributed by atoms with Crippen molar-refractivity contribution in [1.82, 2.24) is 10.2 Å². The van der Waals surface area contributed by atoms with Crippen molar-refractivity contribution in [3.63, 3.8) is 0 Å². The maximum atomic E-state index is 12.3. The Labute approximate surface area is 125 Å². The Morgan fingerprint density at radius 2 is 1.95 bits per heavy atom. The first-order valence-corrected chi connectivity index (χ1v) is 7.71. The molecule has 2 N–H and O–H groups in total. The van der Waals surface area contributed by atoms with E-state index in [1.807, 2.05) is 0 Å². The first-order valence-electron chi connectivity index (χ1n) is 7.71. The molecular weight excluding hydrogens is 272 g/mol. The number of ether oxygens (including phenoxy) is 1. The average molecular weight is 298 g/mol. The largest absolute Gasteiger partial charge is 0.481 e. The molecule has 6 heteroatoms. The van der Waals surface area contributed by atoms with Crippen molar-refractivity contribution in [1.29, 1.82) is 0 Å². The first kappa shape index (κ1) is 16.1. The summed E-state index contributed by atoms with van der Waals surface area (Å²) in [5.41, 5.74) is -1.04. The molecule has 6 nitrogen and oxygen atoms in total. The van der Waals surface area contributed by atoms with Crippen LogP contribution in [0, 0.1) is 17.3 Å². The summed E-state index contributed by atoms with van der Waals surface area (Å²) < 4.78 is 5.26. The van der Waals surface area contributed by atoms with Crippen molar-refractivity contribution in [3.8, 4) is 0 Å². The highest BCUT2D eigenvalue weighted by Crippen LogP contribution is 2.29. The summed E-state index contributed by atoms with van der Waals surface area (Å²) in [6, 6.07) is -0.634. The molecule has 0 aromatic heterocycles. The monoisotopic (exact) mass is 298 g/mol. The van der Waals surface area contributed by atoms with Crippen LogP contribution in [0.25, 0.3) is 0 Å². The van der Waals surface area contributed by atoms with E-state index in [0.717, 1.165) is 25.9 Å². The molecule has 0 aromatic rings. The second-order valence-electron chi connectivity index (χ2n) is 6.81. The Bertz CT molecular complexity index is 404. The number of carbonyl (C=O) groups excluding carboxylic acids is 1. The van der Waals surface area contributed by atoms with Crippen molar-refractivity contribution in [2.75, 3.05) is 26.3 Å². The Morgan fingerprint density at radius 3 is 2.48 bits per heavy atom. The molecule has 2 aliphatic rings. The van der Waals surface area contributed by atoms with Gasteiger partial charge >= 0.3 is 12.0 Å². The predicted octanol–water partition coefficient (Wildman–Crippen LogP) is 1.55. The minimum atomic E-state index is -1.04. The van der Waals surface area contributed by atoms with Gasteiger partial charge in [0.25, 0.3) is 0 Å². The smallest absolute Gasteiger partial charge is 0.317 e. The van der Waals surface area contributed by atoms with E-state index >= 15 is 0 Å². The van der Waals surface area contributed by atoms with Crippen LogP contribution in [-0.4, -0.2) is 54.4 Å². The molecule has 2 heterocycles. The number of hydrogen-bond donors (Lipinski definition) is 2. The Hall–Kier alpha value is -1.30. The number of aliphatic carboxylic acids is 1. The Kier molecular flexibility index (Phi) is 4.76. The van der Waals surface area contributed by atoms with E-state index < -0.39 is 17.4 Å². The van der Waals surface area contributed by atoms with Crippen molar-refractivity contribution in [3.05, 3.63) is 0 Å². The summed E-state index contributed by atoms with van der Waals surface area (Å²) in [7, 11) is 0. The number of likely N-dealkylation sites (tertiary alicyclic amines) is 1. The van der Waals surface area contributed by atoms with Crippen LogP contribution >= 0.6 is 0 Å². The minimum absolute atomic E-state index is 0.142. The number of hydrogen-bond acceptors (Lipinski definition) is 3. The zero-order valence-corrected chi connectivity index (χ0v) is 13.1. The van der Waals surface area contributed by atoms with Crippen LogP contribution in [-0.2, 0) is 9.53 Å². The highest BCUT2D eigenvalue weighted by Gasteiger charge is 2.47. The number of nitrogens with one attached hydrogen (secondary N) is 1. The van der Waals surface area contributed by atoms with Crippen molar-refractivity contribution >= 4 is 12.0 Å². The summed E-state index contributed by atoms with van der Waals surface area (Å²) in [6.07, 6.45) is 2.03. The molecule has 0 saturated carbocycles. The number of urea groups is 1. The summed E-state index contributed by atoms with van der Waals surface area (Å²) in [6.45, 7) is 7.94. The third-order valence-electron chi connectivity index (χ3n) is 5.01. The molecule has 0 bridgehead atoms. The quantitative estimate of drug-likeness (QED) is 0.828. The van der Waals surface area contributed by atoms with E-state index in [-0.39, 0.29) is 19.2 Å². The summed E-state index contributed by atoms with van der Waals surface area (Å²) in [5, 5.41) is 12.2. The summed E-state index contributed by atoms with van der Waals surface area (Å²) in [4.78, 5) is 25.5. The molecule has 0 radical (unpaired) electrons. The molecular formula is C15H26N2O4. The number of piperidine rings is 1. The van der Waals surface area contributed by atoms with Crippen molar-refractivity contribution < 1.29 is 19.4 Å². The highest BCUT2D eigenvalue weighted by atomic mass is 16.5. The van der Waals surface area contributed by atoms with Crippen LogP contribution < -0.4 is 5.32 Å². The lowest BCUT2D eigenvalue weighted by molar-refractivity contribution is -0.148. The van der Waals surface area contributed by atoms with Gasteiger partial charge < -0.3 is 20.1 Å². The van der Waals surface area contributed by atoms with Crippen LogP contribution in [0.15, 0.2) is 0 Å². The molecule has 2 atom stereocenters. The predicted molar refractivity (Wildman–Crippen MR) is 78.0 cm³/mol. The molecule has 2 saturated heterocycles. The number of rotatable bonds is 3. The van der Waals surface area contributed by atoms with Gasteiger partial charge in [0, 0.05) is 13.1 Å². The summed E-state index contributed by atoms with van der Waals surface area (Å²) in [5.74, 6) is 0.394. The van der Waals surface area contributed by atoms with E-state index in [2.05, 4.69) is 19.2 Å². The van der Waals surface area contributed by atoms with Crippen molar-refractivity contribution in [2.45, 2.75) is 39.7 Å². The fraction of sp³-hybridized carbons (Fsp3) is 0.867. The van der Waals surface area contributed by atoms with Gasteiger partial charge in [-0.3, -0.25) is 4.79 Å². The van der Waals surface area contributed by atoms with Gasteiger partial charge in [-0.05, 0) is 31.6 Å². The fourth-order valence-electron chi connectivity index (χ4n) is 3.09. The van der Waals surface area contributed by atoms with Gasteiger partial charge in [0.1, 0.15) is 5.41 Å². The zero-order valence-electron chi connectivity index (χ0n) is 13.1. The molecule has 0 aromatic carbocycles. The van der Waals surface area contributed by atoms with E-state index in [4.69, 9.17) is 4.74 Å². The lowest BCUT2D eigenvalue weighted by Crippen LogP contribution is -2.54. The Balaban J connectivity index is 1.89. The maximum absolute atomic E-state index is 12.3. The van der Waals surface area contributed by atoms with Crippen LogP contribution in [0.4, 0.5) is 4.79 Å². The lowest BCUT2D eigenvalue weighted by Gasteiger charge is -2.35. The maximum Gasteiger partial charge on any atom is 0.317 e. The topological polar surface area (TPSA) is 78.9 Å². The molecule has 21 heavy (non-hydrogen) atoms. The van der Waals surface area contributed by atoms with Gasteiger partial charge in [0.05, 0.1) is 19.3 Å². The fourth-order valence-corrected chi connectivity index (χ4v) is 3.09. The van der Waals surface area contributed by atoms with Crippen LogP contribution in [0.5, 0.6) is 0 Å². The second-order valence-corrected chi connectivity index (χ2v) is 6.81. The molecule has 2 amide bonds. The standard InChI is InChI=1S/C15H26N2O4/c1-10(2)11-4-6-17(7-5-11)14(20)16-12-8-21-9-15(12,3)13(18)19/h10-12H,4-9H2,1-3H3,(H,16,20)(H,18,19). The van der Waals surface area contributed by atoms with Gasteiger partial charge in [-0.15, -0.1) is 0 Å². The number of carbonyl (C=O) groups is 2. The van der Waals surface area contributed by atoms with Gasteiger partial charge in [0.2, 0.25) is 0 Å². The van der Waals surface area contributed by atoms with Gasteiger partial charge in [-0.25, -0.2) is 4.79 Å². The third kappa shape index (κ3) is 3.31. The normalized spacial score (nSPS) is 30.7. The third-order valence-corrected chi connectivity index (χ3v) is 5.01. The minimum Gasteiger partial charge on any atom is -0.481 e. The molecule has 2 rings (SSSR count).